The van der Waals surface area contributed by atoms with Crippen LogP contribution in [0.25, 0.3) is 0 Å². The van der Waals surface area contributed by atoms with Crippen molar-refractivity contribution in [2.45, 2.75) is 0 Å². The predicted octanol–water partition coefficient (Wildman–Crippen LogP) is -4.92. The summed E-state index contributed by atoms with van der Waals surface area (Å²) in [5.41, 5.74) is 0. The van der Waals surface area contributed by atoms with Crippen LogP contribution >= 0.6 is 0 Å². The van der Waals surface area contributed by atoms with Crippen LogP contribution in [0.2, 0.25) is 0 Å². The summed E-state index contributed by atoms with van der Waals surface area (Å²) in [6.45, 7) is 0. The van der Waals surface area contributed by atoms with Gasteiger partial charge in [-0.15, -0.1) is 7.94 Å². The van der Waals surface area contributed by atoms with Crippen LogP contribution in [0.1, 0.15) is 0 Å². The van der Waals surface area contributed by atoms with Crippen LogP contribution in [0.15, 0.2) is 18.7 Å². The van der Waals surface area contributed by atoms with Gasteiger partial charge in [-0.25, -0.2) is 0 Å². The van der Waals surface area contributed by atoms with Crippen LogP contribution in [-0.4, -0.2) is 29.9 Å². The van der Waals surface area contributed by atoms with Gasteiger partial charge in [0.05, 0.1) is 0 Å². The summed E-state index contributed by atoms with van der Waals surface area (Å²) < 4.78 is 58.9. The smallest absolute Gasteiger partial charge is 0.439 e. The Labute approximate surface area is 86.0 Å². The highest BCUT2D eigenvalue weighted by molar-refractivity contribution is 7.84. The van der Waals surface area contributed by atoms with E-state index in [0.717, 1.165) is 12.4 Å². The van der Waals surface area contributed by atoms with E-state index in [1.54, 1.807) is 0 Å². The first-order chi connectivity index (χ1) is 5.71. The van der Waals surface area contributed by atoms with E-state index >= 15 is 0 Å². The molecule has 0 radical (unpaired) electrons. The monoisotopic (exact) mass is 264 g/mol. The minimum Gasteiger partial charge on any atom is -1.00 e. The Balaban J connectivity index is 0.00000169. The Bertz CT molecular complexity index is 469. The number of hydrogen-bond acceptors (Lipinski definition) is 4. The zero-order chi connectivity index (χ0) is 10.3. The maximum Gasteiger partial charge on any atom is 0.439 e. The standard InChI is InChI=1S/C3H4N2O6S2.ClH/c6-12(7,8)4-1-2-5(3-4)13(9,10)11;/h1-3H,(H-,6,7,8,9,10,11);1H. The van der Waals surface area contributed by atoms with Crippen molar-refractivity contribution in [3.63, 3.8) is 0 Å². The number of halogens is 1. The van der Waals surface area contributed by atoms with Gasteiger partial charge in [-0.3, -0.25) is 9.11 Å². The van der Waals surface area contributed by atoms with E-state index in [0.29, 0.717) is 6.33 Å². The highest BCUT2D eigenvalue weighted by Crippen LogP contribution is 1.90. The van der Waals surface area contributed by atoms with Crippen LogP contribution in [0.5, 0.6) is 0 Å². The van der Waals surface area contributed by atoms with Crippen LogP contribution < -0.4 is 16.4 Å². The summed E-state index contributed by atoms with van der Waals surface area (Å²) in [6.07, 6.45) is 2.00. The zero-order valence-electron chi connectivity index (χ0n) is 6.35. The molecule has 0 aliphatic rings. The maximum absolute atomic E-state index is 10.4. The van der Waals surface area contributed by atoms with Crippen LogP contribution in [-0.2, 0) is 20.6 Å². The number of nitrogens with zero attached hydrogens (tertiary/aromatic N) is 2. The molecule has 1 rings (SSSR count). The van der Waals surface area contributed by atoms with Gasteiger partial charge in [0.25, 0.3) is 6.33 Å². The van der Waals surface area contributed by atoms with Gasteiger partial charge in [0.15, 0.2) is 12.4 Å². The number of aromatic nitrogens is 2. The lowest BCUT2D eigenvalue weighted by Gasteiger charge is -1.86. The molecule has 0 spiro atoms. The normalized spacial score (nSPS) is 12.1. The molecule has 0 aliphatic carbocycles. The van der Waals surface area contributed by atoms with Crippen molar-refractivity contribution in [1.82, 2.24) is 3.97 Å². The molecule has 82 valence electrons. The molecular formula is C3H5ClN2O6S2. The molecule has 0 unspecified atom stereocenters. The third-order valence-corrected chi connectivity index (χ3v) is 2.62. The fraction of sp³-hybridized carbons (Fsp3) is 0. The van der Waals surface area contributed by atoms with Gasteiger partial charge in [-0.05, 0) is 0 Å². The first-order valence-corrected chi connectivity index (χ1v) is 5.56. The highest BCUT2D eigenvalue weighted by Gasteiger charge is 2.21. The molecule has 1 aromatic heterocycles. The van der Waals surface area contributed by atoms with Gasteiger partial charge in [0.1, 0.15) is 0 Å². The Morgan fingerprint density at radius 3 is 1.86 bits per heavy atom. The minimum absolute atomic E-state index is 0. The molecule has 0 saturated heterocycles. The molecule has 0 atom stereocenters. The first kappa shape index (κ1) is 13.3. The topological polar surface area (TPSA) is 118 Å². The van der Waals surface area contributed by atoms with E-state index in [1.165, 1.54) is 0 Å². The summed E-state index contributed by atoms with van der Waals surface area (Å²) in [5.74, 6) is 0. The first-order valence-electron chi connectivity index (χ1n) is 2.76. The molecule has 0 aliphatic heterocycles. The molecule has 1 heterocycles. The van der Waals surface area contributed by atoms with Crippen LogP contribution in [0, 0.1) is 0 Å². The molecular weight excluding hydrogens is 260 g/mol. The Hall–Kier alpha value is -0.680. The van der Waals surface area contributed by atoms with Crippen LogP contribution in [0.4, 0.5) is 0 Å². The lowest BCUT2D eigenvalue weighted by Crippen LogP contribution is -3.00. The summed E-state index contributed by atoms with van der Waals surface area (Å²) in [6, 6.07) is 0. The van der Waals surface area contributed by atoms with E-state index < -0.39 is 20.6 Å². The molecule has 1 aromatic rings. The highest BCUT2D eigenvalue weighted by atomic mass is 35.5. The molecule has 8 nitrogen and oxygen atoms in total. The quantitative estimate of drug-likeness (QED) is 0.408. The number of rotatable bonds is 2. The molecule has 0 amide bonds. The van der Waals surface area contributed by atoms with Gasteiger partial charge in [0.2, 0.25) is 0 Å². The maximum atomic E-state index is 10.4. The van der Waals surface area contributed by atoms with E-state index in [9.17, 15) is 16.8 Å². The molecule has 0 fully saturated rings. The van der Waals surface area contributed by atoms with E-state index in [4.69, 9.17) is 9.11 Å². The zero-order valence-corrected chi connectivity index (χ0v) is 8.74. The summed E-state index contributed by atoms with van der Waals surface area (Å²) in [5, 5.41) is 0. The molecule has 0 aromatic carbocycles. The van der Waals surface area contributed by atoms with Crippen molar-refractivity contribution < 1.29 is 42.3 Å². The van der Waals surface area contributed by atoms with Gasteiger partial charge in [-0.2, -0.15) is 16.8 Å². The third-order valence-electron chi connectivity index (χ3n) is 1.12. The second-order valence-electron chi connectivity index (χ2n) is 2.03. The predicted molar refractivity (Wildman–Crippen MR) is 38.5 cm³/mol. The average Bonchev–Trinajstić information content (AvgIpc) is 2.28. The lowest BCUT2D eigenvalue weighted by molar-refractivity contribution is -0.517. The SMILES string of the molecule is O=S(=O)(O)n1cc[n+](S(=O)(=O)O)c1.[Cl-]. The number of imidazole rings is 1. The van der Waals surface area contributed by atoms with E-state index in [1.807, 2.05) is 0 Å². The van der Waals surface area contributed by atoms with Crippen LogP contribution in [0.3, 0.4) is 0 Å². The van der Waals surface area contributed by atoms with Crippen molar-refractivity contribution in [3.05, 3.63) is 18.7 Å². The van der Waals surface area contributed by atoms with Crippen molar-refractivity contribution in [1.29, 1.82) is 0 Å². The fourth-order valence-corrected chi connectivity index (χ4v) is 1.51. The van der Waals surface area contributed by atoms with Gasteiger partial charge in [-0.1, -0.05) is 0 Å². The van der Waals surface area contributed by atoms with E-state index in [2.05, 4.69) is 0 Å². The summed E-state index contributed by atoms with van der Waals surface area (Å²) >= 11 is 0. The summed E-state index contributed by atoms with van der Waals surface area (Å²) in [7, 11) is -9.04. The van der Waals surface area contributed by atoms with Gasteiger partial charge >= 0.3 is 20.6 Å². The Morgan fingerprint density at radius 1 is 1.14 bits per heavy atom. The van der Waals surface area contributed by atoms with E-state index in [-0.39, 0.29) is 20.4 Å². The molecule has 14 heavy (non-hydrogen) atoms. The van der Waals surface area contributed by atoms with Crippen molar-refractivity contribution in [2.75, 3.05) is 0 Å². The van der Waals surface area contributed by atoms with Gasteiger partial charge < -0.3 is 12.4 Å². The minimum atomic E-state index is -4.52. The molecule has 0 bridgehead atoms. The lowest BCUT2D eigenvalue weighted by atomic mass is 11.0. The molecule has 0 saturated carbocycles. The third kappa shape index (κ3) is 2.92. The molecule has 2 N–H and O–H groups in total. The second-order valence-corrected chi connectivity index (χ2v) is 4.66. The Kier molecular flexibility index (Phi) is 3.64. The second kappa shape index (κ2) is 3.82. The van der Waals surface area contributed by atoms with Crippen molar-refractivity contribution in [2.24, 2.45) is 0 Å². The van der Waals surface area contributed by atoms with Crippen molar-refractivity contribution >= 4 is 20.6 Å². The van der Waals surface area contributed by atoms with Gasteiger partial charge in [0, 0.05) is 0 Å². The van der Waals surface area contributed by atoms with Crippen molar-refractivity contribution in [3.8, 4) is 0 Å². The summed E-state index contributed by atoms with van der Waals surface area (Å²) in [4.78, 5) is 0. The fourth-order valence-electron chi connectivity index (χ4n) is 0.594. The average molecular weight is 265 g/mol. The number of hydrogen-bond donors (Lipinski definition) is 2. The molecule has 11 heteroatoms. The largest absolute Gasteiger partial charge is 1.00 e. The Morgan fingerprint density at radius 2 is 1.64 bits per heavy atom.